The Balaban J connectivity index is 1.46. The minimum absolute atomic E-state index is 0.803. The molecule has 1 aromatic carbocycles. The normalized spacial score (nSPS) is 20.1. The van der Waals surface area contributed by atoms with Crippen molar-refractivity contribution in [2.24, 2.45) is 0 Å². The zero-order valence-electron chi connectivity index (χ0n) is 12.3. The molecule has 20 heavy (non-hydrogen) atoms. The lowest BCUT2D eigenvalue weighted by Gasteiger charge is -2.26. The fraction of sp³-hybridized carbons (Fsp3) is 0.625. The summed E-state index contributed by atoms with van der Waals surface area (Å²) in [5, 5.41) is 0. The van der Waals surface area contributed by atoms with E-state index in [1.807, 2.05) is 0 Å². The van der Waals surface area contributed by atoms with Crippen LogP contribution in [-0.2, 0) is 17.8 Å². The number of rotatable bonds is 5. The Morgan fingerprint density at radius 2 is 2.05 bits per heavy atom. The molecule has 0 aliphatic carbocycles. The zero-order valence-corrected chi connectivity index (χ0v) is 12.3. The molecule has 4 nitrogen and oxygen atoms in total. The molecule has 0 spiro atoms. The predicted octanol–water partition coefficient (Wildman–Crippen LogP) is 1.73. The van der Waals surface area contributed by atoms with Crippen LogP contribution in [0.5, 0.6) is 5.75 Å². The quantitative estimate of drug-likeness (QED) is 0.765. The number of ether oxygens (including phenoxy) is 2. The number of morpholine rings is 1. The van der Waals surface area contributed by atoms with E-state index in [-0.39, 0.29) is 0 Å². The van der Waals surface area contributed by atoms with Crippen molar-refractivity contribution in [1.82, 2.24) is 9.80 Å². The van der Waals surface area contributed by atoms with Gasteiger partial charge in [0.15, 0.2) is 0 Å². The van der Waals surface area contributed by atoms with Crippen LogP contribution in [0.15, 0.2) is 18.2 Å². The molecule has 0 unspecified atom stereocenters. The second kappa shape index (κ2) is 6.57. The molecule has 2 aliphatic rings. The average Bonchev–Trinajstić information content (AvgIpc) is 2.86. The summed E-state index contributed by atoms with van der Waals surface area (Å²) in [5.41, 5.74) is 2.79. The third-order valence-corrected chi connectivity index (χ3v) is 4.08. The first kappa shape index (κ1) is 13.9. The lowest BCUT2D eigenvalue weighted by Crippen LogP contribution is -2.37. The van der Waals surface area contributed by atoms with Crippen LogP contribution in [0.3, 0.4) is 0 Å². The van der Waals surface area contributed by atoms with Gasteiger partial charge in [-0.1, -0.05) is 12.1 Å². The van der Waals surface area contributed by atoms with E-state index in [0.29, 0.717) is 0 Å². The SMILES string of the molecule is CN1Cc2cccc(OCCCN3CCOCC3)c2C1. The number of hydrogen-bond donors (Lipinski definition) is 0. The molecule has 1 fully saturated rings. The molecule has 0 saturated carbocycles. The molecular weight excluding hydrogens is 252 g/mol. The molecule has 110 valence electrons. The van der Waals surface area contributed by atoms with E-state index in [1.54, 1.807) is 0 Å². The molecule has 0 bridgehead atoms. The van der Waals surface area contributed by atoms with Crippen molar-refractivity contribution < 1.29 is 9.47 Å². The molecule has 4 heteroatoms. The summed E-state index contributed by atoms with van der Waals surface area (Å²) in [6, 6.07) is 6.42. The molecule has 0 amide bonds. The van der Waals surface area contributed by atoms with Crippen molar-refractivity contribution in [3.63, 3.8) is 0 Å². The smallest absolute Gasteiger partial charge is 0.124 e. The third-order valence-electron chi connectivity index (χ3n) is 4.08. The fourth-order valence-electron chi connectivity index (χ4n) is 2.99. The van der Waals surface area contributed by atoms with Crippen molar-refractivity contribution >= 4 is 0 Å². The van der Waals surface area contributed by atoms with Gasteiger partial charge in [-0.2, -0.15) is 0 Å². The standard InChI is InChI=1S/C16H24N2O2/c1-17-12-14-4-2-5-16(15(14)13-17)20-9-3-6-18-7-10-19-11-8-18/h2,4-5H,3,6-13H2,1H3. The highest BCUT2D eigenvalue weighted by atomic mass is 16.5. The second-order valence-electron chi connectivity index (χ2n) is 5.72. The van der Waals surface area contributed by atoms with Gasteiger partial charge in [-0.05, 0) is 25.1 Å². The molecule has 0 N–H and O–H groups in total. The van der Waals surface area contributed by atoms with Crippen LogP contribution in [0.2, 0.25) is 0 Å². The molecule has 0 atom stereocenters. The summed E-state index contributed by atoms with van der Waals surface area (Å²) in [6.07, 6.45) is 1.08. The minimum atomic E-state index is 0.803. The van der Waals surface area contributed by atoms with Gasteiger partial charge in [-0.3, -0.25) is 9.80 Å². The summed E-state index contributed by atoms with van der Waals surface area (Å²) in [7, 11) is 2.15. The highest BCUT2D eigenvalue weighted by Gasteiger charge is 2.19. The number of hydrogen-bond acceptors (Lipinski definition) is 4. The van der Waals surface area contributed by atoms with Gasteiger partial charge >= 0.3 is 0 Å². The van der Waals surface area contributed by atoms with E-state index < -0.39 is 0 Å². The Morgan fingerprint density at radius 3 is 2.90 bits per heavy atom. The van der Waals surface area contributed by atoms with Gasteiger partial charge in [0.25, 0.3) is 0 Å². The Bertz CT molecular complexity index is 444. The van der Waals surface area contributed by atoms with Gasteiger partial charge in [0, 0.05) is 38.3 Å². The first-order valence-corrected chi connectivity index (χ1v) is 7.55. The third kappa shape index (κ3) is 3.32. The lowest BCUT2D eigenvalue weighted by atomic mass is 10.1. The minimum Gasteiger partial charge on any atom is -0.493 e. The van der Waals surface area contributed by atoms with Crippen molar-refractivity contribution in [1.29, 1.82) is 0 Å². The molecule has 0 aromatic heterocycles. The zero-order chi connectivity index (χ0) is 13.8. The average molecular weight is 276 g/mol. The molecule has 1 saturated heterocycles. The molecule has 2 aliphatic heterocycles. The first-order chi connectivity index (χ1) is 9.83. The van der Waals surface area contributed by atoms with E-state index in [1.165, 1.54) is 11.1 Å². The summed E-state index contributed by atoms with van der Waals surface area (Å²) in [4.78, 5) is 4.78. The summed E-state index contributed by atoms with van der Waals surface area (Å²) in [6.45, 7) is 7.83. The van der Waals surface area contributed by atoms with Crippen LogP contribution in [0.1, 0.15) is 17.5 Å². The second-order valence-corrected chi connectivity index (χ2v) is 5.72. The summed E-state index contributed by atoms with van der Waals surface area (Å²) < 4.78 is 11.4. The predicted molar refractivity (Wildman–Crippen MR) is 79.0 cm³/mol. The number of nitrogens with zero attached hydrogens (tertiary/aromatic N) is 2. The maximum Gasteiger partial charge on any atom is 0.124 e. The Morgan fingerprint density at radius 1 is 1.20 bits per heavy atom. The maximum absolute atomic E-state index is 6.00. The first-order valence-electron chi connectivity index (χ1n) is 7.55. The van der Waals surface area contributed by atoms with E-state index in [0.717, 1.165) is 64.7 Å². The van der Waals surface area contributed by atoms with Crippen LogP contribution in [0, 0.1) is 0 Å². The Labute approximate surface area is 121 Å². The van der Waals surface area contributed by atoms with Crippen LogP contribution < -0.4 is 4.74 Å². The fourth-order valence-corrected chi connectivity index (χ4v) is 2.99. The van der Waals surface area contributed by atoms with Crippen molar-refractivity contribution in [2.75, 3.05) is 46.5 Å². The van der Waals surface area contributed by atoms with Gasteiger partial charge < -0.3 is 9.47 Å². The van der Waals surface area contributed by atoms with Crippen LogP contribution in [0.25, 0.3) is 0 Å². The van der Waals surface area contributed by atoms with Gasteiger partial charge in [-0.15, -0.1) is 0 Å². The van der Waals surface area contributed by atoms with Gasteiger partial charge in [-0.25, -0.2) is 0 Å². The molecule has 0 radical (unpaired) electrons. The van der Waals surface area contributed by atoms with Crippen LogP contribution in [0.4, 0.5) is 0 Å². The summed E-state index contributed by atoms with van der Waals surface area (Å²) >= 11 is 0. The van der Waals surface area contributed by atoms with E-state index in [9.17, 15) is 0 Å². The van der Waals surface area contributed by atoms with Crippen LogP contribution in [-0.4, -0.2) is 56.3 Å². The summed E-state index contributed by atoms with van der Waals surface area (Å²) in [5.74, 6) is 1.08. The van der Waals surface area contributed by atoms with E-state index in [2.05, 4.69) is 35.0 Å². The van der Waals surface area contributed by atoms with Crippen molar-refractivity contribution in [2.45, 2.75) is 19.5 Å². The highest BCUT2D eigenvalue weighted by Crippen LogP contribution is 2.29. The molecular formula is C16H24N2O2. The molecule has 3 rings (SSSR count). The van der Waals surface area contributed by atoms with Gasteiger partial charge in [0.05, 0.1) is 19.8 Å². The van der Waals surface area contributed by atoms with Gasteiger partial charge in [0.1, 0.15) is 5.75 Å². The molecule has 1 aromatic rings. The number of fused-ring (bicyclic) bond motifs is 1. The monoisotopic (exact) mass is 276 g/mol. The largest absolute Gasteiger partial charge is 0.493 e. The molecule has 2 heterocycles. The highest BCUT2D eigenvalue weighted by molar-refractivity contribution is 5.42. The Kier molecular flexibility index (Phi) is 4.55. The van der Waals surface area contributed by atoms with E-state index in [4.69, 9.17) is 9.47 Å². The van der Waals surface area contributed by atoms with Crippen LogP contribution >= 0.6 is 0 Å². The Hall–Kier alpha value is -1.10. The maximum atomic E-state index is 6.00. The van der Waals surface area contributed by atoms with E-state index >= 15 is 0 Å². The van der Waals surface area contributed by atoms with Crippen molar-refractivity contribution in [3.05, 3.63) is 29.3 Å². The number of benzene rings is 1. The van der Waals surface area contributed by atoms with Gasteiger partial charge in [0.2, 0.25) is 0 Å². The van der Waals surface area contributed by atoms with Crippen molar-refractivity contribution in [3.8, 4) is 5.75 Å². The topological polar surface area (TPSA) is 24.9 Å². The lowest BCUT2D eigenvalue weighted by molar-refractivity contribution is 0.0358.